The van der Waals surface area contributed by atoms with Crippen molar-refractivity contribution in [2.24, 2.45) is 0 Å². The summed E-state index contributed by atoms with van der Waals surface area (Å²) in [4.78, 5) is 4.68. The first-order chi connectivity index (χ1) is 17.8. The van der Waals surface area contributed by atoms with Gasteiger partial charge in [0.2, 0.25) is 0 Å². The molecule has 182 valence electrons. The quantitative estimate of drug-likeness (QED) is 0.291. The Bertz CT molecular complexity index is 1610. The van der Waals surface area contributed by atoms with Crippen LogP contribution in [0.4, 0.5) is 0 Å². The summed E-state index contributed by atoms with van der Waals surface area (Å²) in [5.41, 5.74) is 14.4. The maximum atomic E-state index is 6.41. The van der Waals surface area contributed by atoms with E-state index in [2.05, 4.69) is 107 Å². The van der Waals surface area contributed by atoms with Crippen molar-refractivity contribution in [3.8, 4) is 5.75 Å². The third kappa shape index (κ3) is 3.76. The van der Waals surface area contributed by atoms with Crippen LogP contribution in [0.2, 0.25) is 0 Å². The monoisotopic (exact) mass is 481 g/mol. The number of aryl methyl sites for hydroxylation is 2. The normalized spacial score (nSPS) is 16.0. The lowest BCUT2D eigenvalue weighted by molar-refractivity contribution is 0.426. The average molecular weight is 482 g/mol. The van der Waals surface area contributed by atoms with Crippen molar-refractivity contribution in [1.82, 2.24) is 4.98 Å². The van der Waals surface area contributed by atoms with E-state index in [4.69, 9.17) is 4.74 Å². The molecule has 0 fully saturated rings. The zero-order chi connectivity index (χ0) is 25.8. The van der Waals surface area contributed by atoms with Gasteiger partial charge >= 0.3 is 0 Å². The van der Waals surface area contributed by atoms with Crippen molar-refractivity contribution in [3.63, 3.8) is 0 Å². The Balaban J connectivity index is 1.70. The smallest absolute Gasteiger partial charge is 0.134 e. The molecular weight excluding hydrogens is 450 g/mol. The van der Waals surface area contributed by atoms with Crippen LogP contribution in [-0.2, 0) is 6.42 Å². The maximum Gasteiger partial charge on any atom is 0.134 e. The second-order valence-electron chi connectivity index (χ2n) is 10.4. The Labute approximate surface area is 219 Å². The Morgan fingerprint density at radius 1 is 0.784 bits per heavy atom. The van der Waals surface area contributed by atoms with Crippen LogP contribution in [0.1, 0.15) is 53.1 Å². The number of nitrogens with zero attached hydrogens (tertiary/aromatic N) is 1. The molecule has 2 heteroatoms. The summed E-state index contributed by atoms with van der Waals surface area (Å²) in [7, 11) is 0. The highest BCUT2D eigenvalue weighted by atomic mass is 16.5. The fraction of sp³-hybridized carbons (Fsp3) is 0.171. The van der Waals surface area contributed by atoms with Gasteiger partial charge < -0.3 is 4.74 Å². The van der Waals surface area contributed by atoms with Crippen LogP contribution in [0, 0.1) is 13.8 Å². The van der Waals surface area contributed by atoms with E-state index < -0.39 is 0 Å². The first kappa shape index (κ1) is 23.2. The number of hydrogen-bond acceptors (Lipinski definition) is 2. The summed E-state index contributed by atoms with van der Waals surface area (Å²) in [5, 5.41) is 1.14. The lowest BCUT2D eigenvalue weighted by Crippen LogP contribution is -2.20. The van der Waals surface area contributed by atoms with E-state index in [9.17, 15) is 0 Å². The summed E-state index contributed by atoms with van der Waals surface area (Å²) in [6, 6.07) is 23.7. The summed E-state index contributed by atoms with van der Waals surface area (Å²) in [6.45, 7) is 17.8. The minimum atomic E-state index is -0.0878. The topological polar surface area (TPSA) is 22.1 Å². The molecule has 6 rings (SSSR count). The van der Waals surface area contributed by atoms with Gasteiger partial charge in [0.15, 0.2) is 0 Å². The van der Waals surface area contributed by atoms with Gasteiger partial charge in [-0.2, -0.15) is 0 Å². The maximum absolute atomic E-state index is 6.41. The highest BCUT2D eigenvalue weighted by Crippen LogP contribution is 2.51. The fourth-order valence-electron chi connectivity index (χ4n) is 6.12. The van der Waals surface area contributed by atoms with Crippen LogP contribution in [-0.4, -0.2) is 4.98 Å². The van der Waals surface area contributed by atoms with E-state index in [-0.39, 0.29) is 5.92 Å². The molecule has 0 bridgehead atoms. The van der Waals surface area contributed by atoms with Crippen LogP contribution in [0.15, 0.2) is 109 Å². The van der Waals surface area contributed by atoms with E-state index in [0.29, 0.717) is 5.76 Å². The van der Waals surface area contributed by atoms with Crippen LogP contribution in [0.5, 0.6) is 5.75 Å². The average Bonchev–Trinajstić information content (AvgIpc) is 2.88. The lowest BCUT2D eigenvalue weighted by Gasteiger charge is -2.35. The largest absolute Gasteiger partial charge is 0.457 e. The third-order valence-corrected chi connectivity index (χ3v) is 7.91. The minimum absolute atomic E-state index is 0.0878. The van der Waals surface area contributed by atoms with Crippen LogP contribution >= 0.6 is 0 Å². The van der Waals surface area contributed by atoms with Crippen LogP contribution < -0.4 is 4.74 Å². The van der Waals surface area contributed by atoms with Gasteiger partial charge in [-0.3, -0.25) is 4.98 Å². The lowest BCUT2D eigenvalue weighted by atomic mass is 9.70. The summed E-state index contributed by atoms with van der Waals surface area (Å²) in [5.74, 6) is 1.47. The molecule has 0 spiro atoms. The van der Waals surface area contributed by atoms with Crippen molar-refractivity contribution >= 4 is 22.0 Å². The van der Waals surface area contributed by atoms with Crippen molar-refractivity contribution in [2.45, 2.75) is 40.0 Å². The molecule has 1 aliphatic carbocycles. The van der Waals surface area contributed by atoms with E-state index in [1.165, 1.54) is 44.5 Å². The van der Waals surface area contributed by atoms with Gasteiger partial charge in [0.1, 0.15) is 11.5 Å². The molecule has 0 saturated heterocycles. The summed E-state index contributed by atoms with van der Waals surface area (Å²) >= 11 is 0. The fourth-order valence-corrected chi connectivity index (χ4v) is 6.12. The van der Waals surface area contributed by atoms with Gasteiger partial charge in [0.05, 0.1) is 5.52 Å². The third-order valence-electron chi connectivity index (χ3n) is 7.91. The Morgan fingerprint density at radius 3 is 2.30 bits per heavy atom. The number of pyridine rings is 1. The van der Waals surface area contributed by atoms with Gasteiger partial charge in [-0.25, -0.2) is 0 Å². The number of ether oxygens (including phenoxy) is 1. The molecule has 0 radical (unpaired) electrons. The Hall–Kier alpha value is -4.17. The highest BCUT2D eigenvalue weighted by Gasteiger charge is 2.35. The minimum Gasteiger partial charge on any atom is -0.457 e. The predicted octanol–water partition coefficient (Wildman–Crippen LogP) is 8.90. The zero-order valence-electron chi connectivity index (χ0n) is 22.0. The molecule has 37 heavy (non-hydrogen) atoms. The number of allylic oxidation sites excluding steroid dienone is 5. The predicted molar refractivity (Wildman–Crippen MR) is 155 cm³/mol. The van der Waals surface area contributed by atoms with Crippen LogP contribution in [0.3, 0.4) is 0 Å². The van der Waals surface area contributed by atoms with Crippen LogP contribution in [0.25, 0.3) is 22.0 Å². The number of aromatic nitrogens is 1. The van der Waals surface area contributed by atoms with Crippen molar-refractivity contribution in [3.05, 3.63) is 142 Å². The molecule has 2 aliphatic rings. The van der Waals surface area contributed by atoms with Gasteiger partial charge in [-0.1, -0.05) is 66.7 Å². The number of rotatable bonds is 3. The van der Waals surface area contributed by atoms with E-state index in [1.807, 2.05) is 12.3 Å². The number of benzene rings is 3. The Kier molecular flexibility index (Phi) is 5.49. The molecule has 3 aromatic carbocycles. The van der Waals surface area contributed by atoms with E-state index in [1.54, 1.807) is 0 Å². The molecule has 1 aromatic heterocycles. The zero-order valence-corrected chi connectivity index (χ0v) is 22.0. The number of hydrogen-bond donors (Lipinski definition) is 0. The molecule has 0 saturated carbocycles. The van der Waals surface area contributed by atoms with Crippen molar-refractivity contribution in [2.75, 3.05) is 0 Å². The number of para-hydroxylation sites is 1. The van der Waals surface area contributed by atoms with Crippen molar-refractivity contribution < 1.29 is 4.74 Å². The second-order valence-corrected chi connectivity index (χ2v) is 10.4. The SMILES string of the molecule is C=C1Cc2ccc(C)cc2C(C)=C1C(C1=C(C)c2cc(C)ccc2OC1=C)c1ccnc2ccccc12. The molecule has 4 aromatic rings. The molecule has 1 unspecified atom stereocenters. The standard InChI is InChI=1S/C35H31NO/c1-20-11-13-26-19-22(3)33(23(4)29(26)17-20)35(28-15-16-36-31-10-8-7-9-27(28)31)34-24(5)30-18-21(2)12-14-32(30)37-25(34)6/h7-18,35H,3,6,19H2,1-2,4-5H3. The van der Waals surface area contributed by atoms with Gasteiger partial charge in [-0.15, -0.1) is 0 Å². The summed E-state index contributed by atoms with van der Waals surface area (Å²) < 4.78 is 6.41. The second kappa shape index (κ2) is 8.74. The Morgan fingerprint density at radius 2 is 1.49 bits per heavy atom. The highest BCUT2D eigenvalue weighted by molar-refractivity contribution is 5.89. The van der Waals surface area contributed by atoms with Gasteiger partial charge in [-0.05, 0) is 97.4 Å². The molecule has 1 atom stereocenters. The summed E-state index contributed by atoms with van der Waals surface area (Å²) in [6.07, 6.45) is 2.75. The molecule has 1 aliphatic heterocycles. The molecule has 0 amide bonds. The molecular formula is C35H31NO. The van der Waals surface area contributed by atoms with Gasteiger partial charge in [0, 0.05) is 28.6 Å². The van der Waals surface area contributed by atoms with Gasteiger partial charge in [0.25, 0.3) is 0 Å². The first-order valence-corrected chi connectivity index (χ1v) is 12.8. The first-order valence-electron chi connectivity index (χ1n) is 12.8. The number of fused-ring (bicyclic) bond motifs is 3. The van der Waals surface area contributed by atoms with Crippen molar-refractivity contribution in [1.29, 1.82) is 0 Å². The molecule has 2 heterocycles. The molecule has 2 nitrogen and oxygen atoms in total. The molecule has 0 N–H and O–H groups in total. The van der Waals surface area contributed by atoms with E-state index >= 15 is 0 Å². The van der Waals surface area contributed by atoms with E-state index in [0.717, 1.165) is 39.8 Å².